The van der Waals surface area contributed by atoms with E-state index in [-0.39, 0.29) is 5.95 Å². The van der Waals surface area contributed by atoms with E-state index in [1.54, 1.807) is 6.20 Å². The van der Waals surface area contributed by atoms with Crippen molar-refractivity contribution in [3.8, 4) is 0 Å². The third kappa shape index (κ3) is 2.53. The highest BCUT2D eigenvalue weighted by molar-refractivity contribution is 5.69. The van der Waals surface area contributed by atoms with Gasteiger partial charge in [0.2, 0.25) is 5.95 Å². The Hall–Kier alpha value is -2.14. The van der Waals surface area contributed by atoms with Gasteiger partial charge in [0.15, 0.2) is 0 Å². The standard InChI is InChI=1S/C19H24N4O/c1-19(24,14-4-2-3-5-14)15-7-6-13-9-11-23(16(13)12-15)17-8-10-21-18(20)22-17/h6-8,10,12,14,24H,2-5,9,11H2,1H3,(H2,20,21,22). The van der Waals surface area contributed by atoms with Gasteiger partial charge in [0.25, 0.3) is 0 Å². The van der Waals surface area contributed by atoms with Gasteiger partial charge in [0, 0.05) is 18.4 Å². The van der Waals surface area contributed by atoms with Crippen molar-refractivity contribution < 1.29 is 5.11 Å². The number of rotatable bonds is 3. The molecule has 1 aliphatic carbocycles. The molecule has 5 heteroatoms. The maximum atomic E-state index is 11.2. The maximum Gasteiger partial charge on any atom is 0.221 e. The van der Waals surface area contributed by atoms with E-state index in [1.165, 1.54) is 18.4 Å². The normalized spacial score (nSPS) is 20.2. The molecule has 24 heavy (non-hydrogen) atoms. The summed E-state index contributed by atoms with van der Waals surface area (Å²) in [5.74, 6) is 1.45. The predicted octanol–water partition coefficient (Wildman–Crippen LogP) is 3.15. The molecule has 0 saturated heterocycles. The summed E-state index contributed by atoms with van der Waals surface area (Å²) in [7, 11) is 0. The lowest BCUT2D eigenvalue weighted by Gasteiger charge is -2.31. The van der Waals surface area contributed by atoms with E-state index in [0.717, 1.165) is 42.9 Å². The summed E-state index contributed by atoms with van der Waals surface area (Å²) in [6.07, 6.45) is 7.32. The first-order valence-electron chi connectivity index (χ1n) is 8.77. The maximum absolute atomic E-state index is 11.2. The quantitative estimate of drug-likeness (QED) is 0.907. The summed E-state index contributed by atoms with van der Waals surface area (Å²) in [6.45, 7) is 2.84. The van der Waals surface area contributed by atoms with E-state index in [4.69, 9.17) is 5.73 Å². The molecule has 1 fully saturated rings. The summed E-state index contributed by atoms with van der Waals surface area (Å²) in [4.78, 5) is 10.5. The van der Waals surface area contributed by atoms with Gasteiger partial charge < -0.3 is 15.7 Å². The van der Waals surface area contributed by atoms with E-state index in [0.29, 0.717) is 5.92 Å². The highest BCUT2D eigenvalue weighted by Crippen LogP contribution is 2.43. The van der Waals surface area contributed by atoms with Gasteiger partial charge in [-0.05, 0) is 55.4 Å². The van der Waals surface area contributed by atoms with Crippen molar-refractivity contribution in [1.29, 1.82) is 0 Å². The molecular weight excluding hydrogens is 300 g/mol. The number of aromatic nitrogens is 2. The Morgan fingerprint density at radius 1 is 1.25 bits per heavy atom. The number of nitrogen functional groups attached to an aromatic ring is 1. The molecule has 1 aliphatic heterocycles. The van der Waals surface area contributed by atoms with Gasteiger partial charge in [-0.2, -0.15) is 4.98 Å². The number of fused-ring (bicyclic) bond motifs is 1. The third-order valence-corrected chi connectivity index (χ3v) is 5.65. The molecule has 126 valence electrons. The molecule has 1 atom stereocenters. The van der Waals surface area contributed by atoms with Crippen molar-refractivity contribution in [2.75, 3.05) is 17.2 Å². The number of anilines is 3. The second-order valence-corrected chi connectivity index (χ2v) is 7.15. The summed E-state index contributed by atoms with van der Waals surface area (Å²) >= 11 is 0. The molecule has 2 aliphatic rings. The number of nitrogens with two attached hydrogens (primary N) is 1. The van der Waals surface area contributed by atoms with Crippen molar-refractivity contribution in [2.45, 2.75) is 44.6 Å². The molecule has 0 amide bonds. The van der Waals surface area contributed by atoms with E-state index in [9.17, 15) is 5.11 Å². The Kier molecular flexibility index (Phi) is 3.68. The molecule has 2 heterocycles. The van der Waals surface area contributed by atoms with E-state index in [2.05, 4.69) is 33.1 Å². The monoisotopic (exact) mass is 324 g/mol. The van der Waals surface area contributed by atoms with Crippen molar-refractivity contribution >= 4 is 17.5 Å². The Morgan fingerprint density at radius 2 is 2.04 bits per heavy atom. The second-order valence-electron chi connectivity index (χ2n) is 7.15. The SMILES string of the molecule is CC(O)(c1ccc2c(c1)N(c1ccnc(N)n1)CC2)C1CCCC1. The number of benzene rings is 1. The summed E-state index contributed by atoms with van der Waals surface area (Å²) < 4.78 is 0. The molecule has 0 spiro atoms. The van der Waals surface area contributed by atoms with E-state index >= 15 is 0 Å². The lowest BCUT2D eigenvalue weighted by Crippen LogP contribution is -2.30. The van der Waals surface area contributed by atoms with Crippen LogP contribution in [-0.2, 0) is 12.0 Å². The third-order valence-electron chi connectivity index (χ3n) is 5.65. The molecule has 3 N–H and O–H groups in total. The largest absolute Gasteiger partial charge is 0.385 e. The fourth-order valence-corrected chi connectivity index (χ4v) is 4.17. The Balaban J connectivity index is 1.71. The molecule has 1 unspecified atom stereocenters. The Morgan fingerprint density at radius 3 is 2.79 bits per heavy atom. The smallest absolute Gasteiger partial charge is 0.221 e. The molecule has 1 aromatic heterocycles. The van der Waals surface area contributed by atoms with E-state index < -0.39 is 5.60 Å². The van der Waals surface area contributed by atoms with Crippen LogP contribution >= 0.6 is 0 Å². The van der Waals surface area contributed by atoms with Gasteiger partial charge in [-0.25, -0.2) is 4.98 Å². The minimum atomic E-state index is -0.773. The molecule has 1 saturated carbocycles. The topological polar surface area (TPSA) is 75.3 Å². The van der Waals surface area contributed by atoms with Crippen molar-refractivity contribution in [3.05, 3.63) is 41.6 Å². The van der Waals surface area contributed by atoms with Crippen LogP contribution in [0.5, 0.6) is 0 Å². The highest BCUT2D eigenvalue weighted by Gasteiger charge is 2.36. The Labute approximate surface area is 142 Å². The zero-order valence-corrected chi connectivity index (χ0v) is 14.1. The fourth-order valence-electron chi connectivity index (χ4n) is 4.17. The van der Waals surface area contributed by atoms with Crippen molar-refractivity contribution in [2.24, 2.45) is 5.92 Å². The minimum Gasteiger partial charge on any atom is -0.385 e. The molecule has 0 radical (unpaired) electrons. The number of aliphatic hydroxyl groups is 1. The van der Waals surface area contributed by atoms with Gasteiger partial charge in [0.05, 0.1) is 5.60 Å². The van der Waals surface area contributed by atoms with Crippen LogP contribution in [0.25, 0.3) is 0 Å². The van der Waals surface area contributed by atoms with Crippen molar-refractivity contribution in [3.63, 3.8) is 0 Å². The van der Waals surface area contributed by atoms with Gasteiger partial charge in [-0.3, -0.25) is 0 Å². The first-order chi connectivity index (χ1) is 11.6. The fraction of sp³-hybridized carbons (Fsp3) is 0.474. The minimum absolute atomic E-state index is 0.287. The van der Waals surface area contributed by atoms with Crippen LogP contribution < -0.4 is 10.6 Å². The summed E-state index contributed by atoms with van der Waals surface area (Å²) in [6, 6.07) is 8.26. The second kappa shape index (κ2) is 5.74. The highest BCUT2D eigenvalue weighted by atomic mass is 16.3. The molecule has 1 aromatic carbocycles. The summed E-state index contributed by atoms with van der Waals surface area (Å²) in [5.41, 5.74) is 8.39. The number of hydrogen-bond donors (Lipinski definition) is 2. The van der Waals surface area contributed by atoms with Crippen LogP contribution in [0.15, 0.2) is 30.5 Å². The molecular formula is C19H24N4O. The van der Waals surface area contributed by atoms with Crippen LogP contribution in [0, 0.1) is 5.92 Å². The first kappa shape index (κ1) is 15.4. The van der Waals surface area contributed by atoms with Crippen LogP contribution in [0.3, 0.4) is 0 Å². The first-order valence-corrected chi connectivity index (χ1v) is 8.77. The van der Waals surface area contributed by atoms with Crippen molar-refractivity contribution in [1.82, 2.24) is 9.97 Å². The van der Waals surface area contributed by atoms with Crippen LogP contribution in [0.1, 0.15) is 43.7 Å². The predicted molar refractivity (Wildman–Crippen MR) is 95.1 cm³/mol. The zero-order chi connectivity index (χ0) is 16.7. The molecule has 2 aromatic rings. The average molecular weight is 324 g/mol. The molecule has 0 bridgehead atoms. The van der Waals surface area contributed by atoms with E-state index in [1.807, 2.05) is 13.0 Å². The molecule has 4 rings (SSSR count). The lowest BCUT2D eigenvalue weighted by molar-refractivity contribution is -0.00328. The average Bonchev–Trinajstić information content (AvgIpc) is 3.24. The van der Waals surface area contributed by atoms with Crippen LogP contribution in [0.2, 0.25) is 0 Å². The van der Waals surface area contributed by atoms with Crippen LogP contribution in [-0.4, -0.2) is 21.6 Å². The van der Waals surface area contributed by atoms with Crippen LogP contribution in [0.4, 0.5) is 17.5 Å². The lowest BCUT2D eigenvalue weighted by atomic mass is 9.81. The summed E-state index contributed by atoms with van der Waals surface area (Å²) in [5, 5.41) is 11.2. The molecule has 5 nitrogen and oxygen atoms in total. The Bertz CT molecular complexity index is 753. The zero-order valence-electron chi connectivity index (χ0n) is 14.1. The van der Waals surface area contributed by atoms with Gasteiger partial charge in [-0.15, -0.1) is 0 Å². The number of hydrogen-bond acceptors (Lipinski definition) is 5. The van der Waals surface area contributed by atoms with Gasteiger partial charge in [-0.1, -0.05) is 25.0 Å². The number of nitrogens with zero attached hydrogens (tertiary/aromatic N) is 3. The van der Waals surface area contributed by atoms with Gasteiger partial charge in [0.1, 0.15) is 5.82 Å². The van der Waals surface area contributed by atoms with Gasteiger partial charge >= 0.3 is 0 Å².